The Morgan fingerprint density at radius 3 is 2.74 bits per heavy atom. The maximum Gasteiger partial charge on any atom is 0.253 e. The summed E-state index contributed by atoms with van der Waals surface area (Å²) < 4.78 is 28.9. The minimum Gasteiger partial charge on any atom is -0.369 e. The van der Waals surface area contributed by atoms with Gasteiger partial charge in [-0.25, -0.2) is 8.42 Å². The van der Waals surface area contributed by atoms with E-state index in [0.29, 0.717) is 17.9 Å². The molecule has 0 saturated heterocycles. The summed E-state index contributed by atoms with van der Waals surface area (Å²) in [6.07, 6.45) is -0.624. The van der Waals surface area contributed by atoms with E-state index in [1.54, 1.807) is 32.0 Å². The van der Waals surface area contributed by atoms with E-state index in [1.807, 2.05) is 0 Å². The van der Waals surface area contributed by atoms with Gasteiger partial charge in [0.1, 0.15) is 6.10 Å². The number of hydrogen-bond donors (Lipinski definition) is 1. The number of nitrogens with one attached hydrogen (secondary N) is 1. The molecule has 0 bridgehead atoms. The number of amides is 1. The van der Waals surface area contributed by atoms with E-state index < -0.39 is 15.9 Å². The maximum absolute atomic E-state index is 11.9. The van der Waals surface area contributed by atoms with Crippen LogP contribution in [0, 0.1) is 0 Å². The lowest BCUT2D eigenvalue weighted by Crippen LogP contribution is -2.33. The van der Waals surface area contributed by atoms with Gasteiger partial charge in [0.25, 0.3) is 5.91 Å². The molecule has 0 aromatic heterocycles. The fraction of sp³-hybridized carbons (Fsp3) is 0.308. The average Bonchev–Trinajstić information content (AvgIpc) is 2.62. The van der Waals surface area contributed by atoms with Crippen LogP contribution in [0.15, 0.2) is 34.6 Å². The van der Waals surface area contributed by atoms with Crippen LogP contribution >= 0.6 is 0 Å². The van der Waals surface area contributed by atoms with Crippen LogP contribution in [-0.4, -0.2) is 27.0 Å². The van der Waals surface area contributed by atoms with Crippen LogP contribution < -0.4 is 5.32 Å². The third-order valence-electron chi connectivity index (χ3n) is 2.80. The Hall–Kier alpha value is -1.66. The molecule has 0 radical (unpaired) electrons. The second-order valence-corrected chi connectivity index (χ2v) is 5.93. The molecule has 5 nitrogen and oxygen atoms in total. The van der Waals surface area contributed by atoms with Crippen molar-refractivity contribution in [1.82, 2.24) is 5.32 Å². The Morgan fingerprint density at radius 2 is 2.05 bits per heavy atom. The molecule has 0 saturated carbocycles. The molecule has 1 atom stereocenters. The minimum atomic E-state index is -3.46. The summed E-state index contributed by atoms with van der Waals surface area (Å²) in [5, 5.41) is 3.67. The van der Waals surface area contributed by atoms with Gasteiger partial charge in [0.15, 0.2) is 0 Å². The number of ether oxygens (including phenoxy) is 1. The van der Waals surface area contributed by atoms with Crippen LogP contribution in [0.5, 0.6) is 0 Å². The van der Waals surface area contributed by atoms with E-state index >= 15 is 0 Å². The van der Waals surface area contributed by atoms with Gasteiger partial charge in [-0.05, 0) is 19.9 Å². The summed E-state index contributed by atoms with van der Waals surface area (Å²) in [5.74, 6) is -0.361. The van der Waals surface area contributed by atoms with Crippen LogP contribution in [0.25, 0.3) is 5.70 Å². The summed E-state index contributed by atoms with van der Waals surface area (Å²) in [6.45, 7) is 3.83. The minimum absolute atomic E-state index is 0.217. The van der Waals surface area contributed by atoms with Crippen LogP contribution in [0.4, 0.5) is 0 Å². The summed E-state index contributed by atoms with van der Waals surface area (Å²) in [5.41, 5.74) is 0.812. The van der Waals surface area contributed by atoms with E-state index in [0.717, 1.165) is 5.41 Å². The first-order chi connectivity index (χ1) is 8.95. The van der Waals surface area contributed by atoms with Gasteiger partial charge in [-0.2, -0.15) is 0 Å². The highest BCUT2D eigenvalue weighted by Gasteiger charge is 2.28. The zero-order valence-electron chi connectivity index (χ0n) is 10.7. The lowest BCUT2D eigenvalue weighted by molar-refractivity contribution is -0.130. The van der Waals surface area contributed by atoms with Gasteiger partial charge >= 0.3 is 0 Å². The van der Waals surface area contributed by atoms with Gasteiger partial charge in [-0.15, -0.1) is 0 Å². The van der Waals surface area contributed by atoms with E-state index in [1.165, 1.54) is 6.07 Å². The molecule has 0 unspecified atom stereocenters. The highest BCUT2D eigenvalue weighted by atomic mass is 32.2. The molecule has 19 heavy (non-hydrogen) atoms. The van der Waals surface area contributed by atoms with Crippen molar-refractivity contribution in [2.45, 2.75) is 24.8 Å². The van der Waals surface area contributed by atoms with Gasteiger partial charge < -0.3 is 10.1 Å². The molecule has 1 aromatic rings. The summed E-state index contributed by atoms with van der Waals surface area (Å²) in [4.78, 5) is 12.1. The predicted molar refractivity (Wildman–Crippen MR) is 70.8 cm³/mol. The quantitative estimate of drug-likeness (QED) is 0.903. The van der Waals surface area contributed by atoms with Crippen LogP contribution in [0.2, 0.25) is 0 Å². The van der Waals surface area contributed by atoms with Gasteiger partial charge in [0, 0.05) is 12.2 Å². The van der Waals surface area contributed by atoms with Gasteiger partial charge in [-0.3, -0.25) is 4.79 Å². The molecule has 2 rings (SSSR count). The molecule has 0 aliphatic carbocycles. The smallest absolute Gasteiger partial charge is 0.253 e. The normalized spacial score (nSPS) is 17.5. The monoisotopic (exact) mass is 281 g/mol. The van der Waals surface area contributed by atoms with Crippen molar-refractivity contribution in [3.05, 3.63) is 35.2 Å². The molecular weight excluding hydrogens is 266 g/mol. The van der Waals surface area contributed by atoms with Crippen molar-refractivity contribution < 1.29 is 17.9 Å². The highest BCUT2D eigenvalue weighted by molar-refractivity contribution is 7.95. The summed E-state index contributed by atoms with van der Waals surface area (Å²) in [7, 11) is -3.46. The average molecular weight is 281 g/mol. The predicted octanol–water partition coefficient (Wildman–Crippen LogP) is 1.31. The number of carbonyl (C=O) groups excluding carboxylic acids is 1. The molecule has 1 N–H and O–H groups in total. The van der Waals surface area contributed by atoms with Crippen molar-refractivity contribution in [2.24, 2.45) is 0 Å². The Balaban J connectivity index is 2.26. The number of carbonyl (C=O) groups is 1. The molecule has 6 heteroatoms. The zero-order valence-corrected chi connectivity index (χ0v) is 11.5. The third-order valence-corrected chi connectivity index (χ3v) is 4.32. The second kappa shape index (κ2) is 5.14. The Bertz CT molecular complexity index is 634. The van der Waals surface area contributed by atoms with Crippen molar-refractivity contribution >= 4 is 21.4 Å². The van der Waals surface area contributed by atoms with E-state index in [-0.39, 0.29) is 10.8 Å². The van der Waals surface area contributed by atoms with Crippen molar-refractivity contribution in [2.75, 3.05) is 6.61 Å². The lowest BCUT2D eigenvalue weighted by Gasteiger charge is -2.12. The molecule has 102 valence electrons. The third kappa shape index (κ3) is 2.69. The first-order valence-electron chi connectivity index (χ1n) is 5.94. The van der Waals surface area contributed by atoms with E-state index in [9.17, 15) is 13.2 Å². The molecule has 1 aromatic carbocycles. The Morgan fingerprint density at radius 1 is 1.37 bits per heavy atom. The molecule has 1 amide bonds. The molecular formula is C13H15NO4S. The second-order valence-electron chi connectivity index (χ2n) is 4.16. The Labute approximate surface area is 112 Å². The Kier molecular flexibility index (Phi) is 3.73. The molecule has 0 spiro atoms. The largest absolute Gasteiger partial charge is 0.369 e. The van der Waals surface area contributed by atoms with E-state index in [4.69, 9.17) is 4.74 Å². The molecule has 1 aliphatic heterocycles. The van der Waals surface area contributed by atoms with Crippen molar-refractivity contribution in [3.63, 3.8) is 0 Å². The van der Waals surface area contributed by atoms with Crippen LogP contribution in [0.1, 0.15) is 19.4 Å². The lowest BCUT2D eigenvalue weighted by atomic mass is 10.2. The first-order valence-corrected chi connectivity index (χ1v) is 7.49. The summed E-state index contributed by atoms with van der Waals surface area (Å²) >= 11 is 0. The number of benzene rings is 1. The number of rotatable bonds is 4. The molecule has 0 fully saturated rings. The number of hydrogen-bond acceptors (Lipinski definition) is 4. The fourth-order valence-corrected chi connectivity index (χ4v) is 3.25. The molecule has 1 aliphatic rings. The number of sulfone groups is 1. The standard InChI is InChI=1S/C13H15NO4S/c1-3-18-9(2)13(15)14-11-8-19(16,17)12-7-5-4-6-10(11)12/h4-9H,3H2,1-2H3,(H,14,15)/t9-/m1/s1. The first kappa shape index (κ1) is 13.8. The van der Waals surface area contributed by atoms with Crippen LogP contribution in [-0.2, 0) is 19.4 Å². The van der Waals surface area contributed by atoms with E-state index in [2.05, 4.69) is 5.32 Å². The van der Waals surface area contributed by atoms with Gasteiger partial charge in [-0.1, -0.05) is 18.2 Å². The van der Waals surface area contributed by atoms with Crippen molar-refractivity contribution in [3.8, 4) is 0 Å². The zero-order chi connectivity index (χ0) is 14.0. The maximum atomic E-state index is 11.9. The summed E-state index contributed by atoms with van der Waals surface area (Å²) in [6, 6.07) is 6.56. The van der Waals surface area contributed by atoms with Crippen molar-refractivity contribution in [1.29, 1.82) is 0 Å². The fourth-order valence-electron chi connectivity index (χ4n) is 1.88. The molecule has 1 heterocycles. The number of fused-ring (bicyclic) bond motifs is 1. The van der Waals surface area contributed by atoms with Crippen LogP contribution in [0.3, 0.4) is 0 Å². The SMILES string of the molecule is CCO[C@H](C)C(=O)NC1=CS(=O)(=O)c2ccccc21. The van der Waals surface area contributed by atoms with Gasteiger partial charge in [0.05, 0.1) is 16.0 Å². The topological polar surface area (TPSA) is 72.5 Å². The highest BCUT2D eigenvalue weighted by Crippen LogP contribution is 2.31. The van der Waals surface area contributed by atoms with Gasteiger partial charge in [0.2, 0.25) is 9.84 Å².